The van der Waals surface area contributed by atoms with Crippen LogP contribution < -0.4 is 14.8 Å². The van der Waals surface area contributed by atoms with Crippen LogP contribution in [0.15, 0.2) is 54.9 Å². The highest BCUT2D eigenvalue weighted by Gasteiger charge is 2.52. The van der Waals surface area contributed by atoms with E-state index in [1.54, 1.807) is 31.2 Å². The van der Waals surface area contributed by atoms with Gasteiger partial charge in [0, 0.05) is 11.4 Å². The van der Waals surface area contributed by atoms with Gasteiger partial charge in [-0.3, -0.25) is 9.69 Å². The summed E-state index contributed by atoms with van der Waals surface area (Å²) in [5, 5.41) is 13.1. The van der Waals surface area contributed by atoms with Gasteiger partial charge in [-0.2, -0.15) is 0 Å². The van der Waals surface area contributed by atoms with E-state index in [1.165, 1.54) is 12.1 Å². The number of ether oxygens (including phenoxy) is 2. The first-order valence-corrected chi connectivity index (χ1v) is 10.6. The second kappa shape index (κ2) is 8.88. The molecule has 176 valence electrons. The zero-order valence-electron chi connectivity index (χ0n) is 17.8. The van der Waals surface area contributed by atoms with Crippen molar-refractivity contribution in [3.8, 4) is 23.3 Å². The van der Waals surface area contributed by atoms with Gasteiger partial charge >= 0.3 is 12.3 Å². The Balaban J connectivity index is 1.42. The number of nitrogens with one attached hydrogen (secondary N) is 1. The molecule has 10 heteroatoms. The van der Waals surface area contributed by atoms with E-state index in [2.05, 4.69) is 33.2 Å². The Morgan fingerprint density at radius 3 is 2.74 bits per heavy atom. The fraction of sp³-hybridized carbons (Fsp3) is 0.250. The molecule has 2 aromatic carbocycles. The molecule has 2 aliphatic rings. The molecule has 2 heterocycles. The van der Waals surface area contributed by atoms with Crippen LogP contribution in [-0.4, -0.2) is 34.2 Å². The third-order valence-corrected chi connectivity index (χ3v) is 5.62. The van der Waals surface area contributed by atoms with E-state index in [1.807, 2.05) is 6.07 Å². The number of rotatable bonds is 6. The molecule has 1 fully saturated rings. The number of carboxylic acids is 1. The monoisotopic (exact) mass is 488 g/mol. The fourth-order valence-electron chi connectivity index (χ4n) is 3.73. The van der Waals surface area contributed by atoms with Gasteiger partial charge in [0.15, 0.2) is 17.5 Å². The first-order chi connectivity index (χ1) is 16.1. The lowest BCUT2D eigenvalue weighted by atomic mass is 9.87. The maximum Gasteiger partial charge on any atom is 0.586 e. The van der Waals surface area contributed by atoms with Gasteiger partial charge in [0.05, 0.1) is 6.04 Å². The van der Waals surface area contributed by atoms with Gasteiger partial charge in [-0.1, -0.05) is 48.2 Å². The van der Waals surface area contributed by atoms with Crippen LogP contribution in [0.25, 0.3) is 0 Å². The van der Waals surface area contributed by atoms with Crippen LogP contribution in [0.2, 0.25) is 5.02 Å². The number of nitrogens with zero attached hydrogens (tertiary/aromatic N) is 1. The number of amides is 1. The quantitative estimate of drug-likeness (QED) is 0.473. The molecule has 3 atom stereocenters. The fourth-order valence-corrected chi connectivity index (χ4v) is 3.94. The van der Waals surface area contributed by atoms with Crippen molar-refractivity contribution in [3.05, 3.63) is 71.0 Å². The Hall–Kier alpha value is -3.77. The number of fused-ring (bicyclic) bond motifs is 1. The second-order valence-electron chi connectivity index (χ2n) is 7.78. The Morgan fingerprint density at radius 2 is 2.03 bits per heavy atom. The van der Waals surface area contributed by atoms with Gasteiger partial charge in [-0.05, 0) is 42.3 Å². The molecule has 0 unspecified atom stereocenters. The summed E-state index contributed by atoms with van der Waals surface area (Å²) in [6, 6.07) is 9.62. The van der Waals surface area contributed by atoms with E-state index in [4.69, 9.17) is 11.6 Å². The zero-order valence-corrected chi connectivity index (χ0v) is 18.6. The summed E-state index contributed by atoms with van der Waals surface area (Å²) < 4.78 is 35.3. The van der Waals surface area contributed by atoms with Gasteiger partial charge < -0.3 is 19.9 Å². The standard InChI is InChI=1S/C24H19ClF2N2O5/c1-13(16-9-10-19-20(12-16)34-24(26,27)33-19)28-14(2)29-21(23(31)32)18(22(29)30)8-4-6-15-5-3-7-17(25)11-15/h3,5,7,9-13,18,21,28H,2,6H2,1H3,(H,31,32)/t13-,18-,21+/m1/s1. The van der Waals surface area contributed by atoms with Crippen LogP contribution in [0.1, 0.15) is 24.1 Å². The number of β-lactam (4-membered cyclic amide) rings is 1. The number of halogens is 3. The number of carbonyl (C=O) groups excluding carboxylic acids is 1. The van der Waals surface area contributed by atoms with Crippen LogP contribution in [-0.2, 0) is 16.0 Å². The Bertz CT molecular complexity index is 1240. The molecule has 0 saturated carbocycles. The van der Waals surface area contributed by atoms with Crippen LogP contribution in [0.5, 0.6) is 11.5 Å². The number of hydrogen-bond donors (Lipinski definition) is 2. The molecule has 0 aliphatic carbocycles. The predicted molar refractivity (Wildman–Crippen MR) is 118 cm³/mol. The molecule has 34 heavy (non-hydrogen) atoms. The van der Waals surface area contributed by atoms with Gasteiger partial charge in [0.1, 0.15) is 11.7 Å². The summed E-state index contributed by atoms with van der Waals surface area (Å²) in [5.74, 6) is 2.69. The van der Waals surface area contributed by atoms with E-state index >= 15 is 0 Å². The zero-order chi connectivity index (χ0) is 24.6. The average Bonchev–Trinajstić information content (AvgIpc) is 3.07. The summed E-state index contributed by atoms with van der Waals surface area (Å²) >= 11 is 5.94. The maximum absolute atomic E-state index is 13.2. The molecule has 4 rings (SSSR count). The van der Waals surface area contributed by atoms with Crippen LogP contribution >= 0.6 is 11.6 Å². The molecular formula is C24H19ClF2N2O5. The van der Waals surface area contributed by atoms with Crippen LogP contribution in [0, 0.1) is 17.8 Å². The van der Waals surface area contributed by atoms with Crippen LogP contribution in [0.3, 0.4) is 0 Å². The first-order valence-electron chi connectivity index (χ1n) is 10.2. The van der Waals surface area contributed by atoms with Crippen molar-refractivity contribution >= 4 is 23.5 Å². The SMILES string of the molecule is C=C(N[C@H](C)c1ccc2c(c1)OC(F)(F)O2)N1C(=O)[C@H](C#CCc2cccc(Cl)c2)[C@H]1C(=O)O. The first kappa shape index (κ1) is 23.4. The largest absolute Gasteiger partial charge is 0.586 e. The summed E-state index contributed by atoms with van der Waals surface area (Å²) in [6.07, 6.45) is -3.42. The van der Waals surface area contributed by atoms with Crippen molar-refractivity contribution in [1.82, 2.24) is 10.2 Å². The van der Waals surface area contributed by atoms with E-state index in [9.17, 15) is 23.5 Å². The minimum atomic E-state index is -3.73. The molecule has 1 saturated heterocycles. The molecule has 2 aliphatic heterocycles. The third-order valence-electron chi connectivity index (χ3n) is 5.39. The number of likely N-dealkylation sites (tertiary alicyclic amines) is 1. The average molecular weight is 489 g/mol. The lowest BCUT2D eigenvalue weighted by Gasteiger charge is -2.43. The van der Waals surface area contributed by atoms with Crippen molar-refractivity contribution in [2.45, 2.75) is 31.7 Å². The lowest BCUT2D eigenvalue weighted by molar-refractivity contribution is -0.286. The highest BCUT2D eigenvalue weighted by molar-refractivity contribution is 6.30. The number of alkyl halides is 2. The van der Waals surface area contributed by atoms with Crippen molar-refractivity contribution in [3.63, 3.8) is 0 Å². The molecule has 0 spiro atoms. The molecule has 2 aromatic rings. The number of hydrogen-bond acceptors (Lipinski definition) is 5. The van der Waals surface area contributed by atoms with Gasteiger partial charge in [-0.15, -0.1) is 8.78 Å². The minimum absolute atomic E-state index is 0.0563. The summed E-state index contributed by atoms with van der Waals surface area (Å²) in [5.41, 5.74) is 1.39. The molecule has 2 N–H and O–H groups in total. The molecule has 0 bridgehead atoms. The number of aliphatic carboxylic acids is 1. The van der Waals surface area contributed by atoms with E-state index in [0.717, 1.165) is 10.5 Å². The van der Waals surface area contributed by atoms with Crippen molar-refractivity contribution in [1.29, 1.82) is 0 Å². The summed E-state index contributed by atoms with van der Waals surface area (Å²) in [7, 11) is 0. The van der Waals surface area contributed by atoms with Crippen LogP contribution in [0.4, 0.5) is 8.78 Å². The number of carboxylic acid groups (broad SMARTS) is 1. The number of carbonyl (C=O) groups is 2. The highest BCUT2D eigenvalue weighted by atomic mass is 35.5. The Kier molecular flexibility index (Phi) is 6.11. The molecule has 1 amide bonds. The van der Waals surface area contributed by atoms with Crippen molar-refractivity contribution < 1.29 is 33.0 Å². The third kappa shape index (κ3) is 4.63. The second-order valence-corrected chi connectivity index (χ2v) is 8.22. The Labute approximate surface area is 198 Å². The van der Waals surface area contributed by atoms with Gasteiger partial charge in [0.2, 0.25) is 5.91 Å². The molecule has 7 nitrogen and oxygen atoms in total. The van der Waals surface area contributed by atoms with Gasteiger partial charge in [0.25, 0.3) is 0 Å². The normalized spacial score (nSPS) is 20.6. The molecular weight excluding hydrogens is 470 g/mol. The lowest BCUT2D eigenvalue weighted by Crippen LogP contribution is -2.64. The Morgan fingerprint density at radius 1 is 1.29 bits per heavy atom. The highest BCUT2D eigenvalue weighted by Crippen LogP contribution is 2.42. The molecule has 0 aromatic heterocycles. The molecule has 0 radical (unpaired) electrons. The van der Waals surface area contributed by atoms with E-state index in [-0.39, 0.29) is 17.3 Å². The van der Waals surface area contributed by atoms with E-state index in [0.29, 0.717) is 17.0 Å². The van der Waals surface area contributed by atoms with E-state index < -0.39 is 36.2 Å². The topological polar surface area (TPSA) is 88.1 Å². The van der Waals surface area contributed by atoms with Gasteiger partial charge in [-0.25, -0.2) is 4.79 Å². The summed E-state index contributed by atoms with van der Waals surface area (Å²) in [6.45, 7) is 5.48. The van der Waals surface area contributed by atoms with Crippen molar-refractivity contribution in [2.75, 3.05) is 0 Å². The van der Waals surface area contributed by atoms with Crippen molar-refractivity contribution in [2.24, 2.45) is 5.92 Å². The minimum Gasteiger partial charge on any atom is -0.480 e. The summed E-state index contributed by atoms with van der Waals surface area (Å²) in [4.78, 5) is 25.5. The predicted octanol–water partition coefficient (Wildman–Crippen LogP) is 3.94. The smallest absolute Gasteiger partial charge is 0.480 e. The number of benzene rings is 2. The maximum atomic E-state index is 13.2.